The summed E-state index contributed by atoms with van der Waals surface area (Å²) < 4.78 is 5.36. The van der Waals surface area contributed by atoms with Crippen LogP contribution >= 0.6 is 0 Å². The van der Waals surface area contributed by atoms with Crippen LogP contribution < -0.4 is 15.4 Å². The molecule has 2 aliphatic rings. The number of rotatable bonds is 12. The summed E-state index contributed by atoms with van der Waals surface area (Å²) in [5.74, 6) is 1.60. The Labute approximate surface area is 179 Å². The summed E-state index contributed by atoms with van der Waals surface area (Å²) in [6.45, 7) is 1.91. The van der Waals surface area contributed by atoms with E-state index in [2.05, 4.69) is 15.5 Å². The van der Waals surface area contributed by atoms with Crippen molar-refractivity contribution in [3.63, 3.8) is 0 Å². The van der Waals surface area contributed by atoms with Crippen LogP contribution in [0.5, 0.6) is 5.75 Å². The van der Waals surface area contributed by atoms with E-state index in [1.54, 1.807) is 7.11 Å². The van der Waals surface area contributed by atoms with E-state index in [1.807, 2.05) is 24.3 Å². The van der Waals surface area contributed by atoms with Crippen LogP contribution in [-0.2, 0) is 16.0 Å². The Morgan fingerprint density at radius 2 is 1.87 bits per heavy atom. The third-order valence-corrected chi connectivity index (χ3v) is 6.14. The Morgan fingerprint density at radius 3 is 2.60 bits per heavy atom. The summed E-state index contributed by atoms with van der Waals surface area (Å²) in [5, 5.41) is 14.8. The molecule has 1 saturated heterocycles. The molecule has 0 bridgehead atoms. The first-order valence-electron chi connectivity index (χ1n) is 11.1. The number of amides is 2. The molecule has 30 heavy (non-hydrogen) atoms. The Kier molecular flexibility index (Phi) is 8.51. The zero-order chi connectivity index (χ0) is 21.3. The maximum atomic E-state index is 12.4. The first-order chi connectivity index (χ1) is 14.6. The molecule has 0 radical (unpaired) electrons. The lowest BCUT2D eigenvalue weighted by Crippen LogP contribution is -2.45. The molecule has 1 aromatic carbocycles. The van der Waals surface area contributed by atoms with E-state index in [9.17, 15) is 9.59 Å². The zero-order valence-corrected chi connectivity index (χ0v) is 17.9. The van der Waals surface area contributed by atoms with Crippen LogP contribution in [-0.4, -0.2) is 67.3 Å². The monoisotopic (exact) mass is 417 g/mol. The standard InChI is InChI=1S/C23H35N3O4/c1-30-21-5-3-2-4-18(21)8-11-22(28)25-15-20-10-9-19(14-23(29)24-12-13-27)26(20)16-17-6-7-17/h2-5,17,19-20,27H,6-16H2,1H3,(H,24,29)(H,25,28)/t19-,20+/m1/s1. The van der Waals surface area contributed by atoms with Crippen LogP contribution in [0.3, 0.4) is 0 Å². The van der Waals surface area contributed by atoms with Crippen molar-refractivity contribution in [1.29, 1.82) is 0 Å². The van der Waals surface area contributed by atoms with Crippen molar-refractivity contribution in [2.75, 3.05) is 33.4 Å². The van der Waals surface area contributed by atoms with Gasteiger partial charge in [-0.05, 0) is 49.7 Å². The number of nitrogens with zero attached hydrogens (tertiary/aromatic N) is 1. The topological polar surface area (TPSA) is 90.9 Å². The number of carbonyl (C=O) groups is 2. The molecule has 1 aromatic rings. The summed E-state index contributed by atoms with van der Waals surface area (Å²) in [4.78, 5) is 27.0. The summed E-state index contributed by atoms with van der Waals surface area (Å²) in [6, 6.07) is 8.31. The van der Waals surface area contributed by atoms with Crippen molar-refractivity contribution >= 4 is 11.8 Å². The molecule has 7 nitrogen and oxygen atoms in total. The fraction of sp³-hybridized carbons (Fsp3) is 0.652. The molecule has 7 heteroatoms. The van der Waals surface area contributed by atoms with Gasteiger partial charge in [0.25, 0.3) is 0 Å². The fourth-order valence-electron chi connectivity index (χ4n) is 4.31. The maximum absolute atomic E-state index is 12.4. The van der Waals surface area contributed by atoms with E-state index in [-0.39, 0.29) is 30.5 Å². The van der Waals surface area contributed by atoms with E-state index in [4.69, 9.17) is 9.84 Å². The molecule has 3 N–H and O–H groups in total. The van der Waals surface area contributed by atoms with E-state index in [1.165, 1.54) is 12.8 Å². The van der Waals surface area contributed by atoms with Gasteiger partial charge in [-0.15, -0.1) is 0 Å². The maximum Gasteiger partial charge on any atom is 0.221 e. The van der Waals surface area contributed by atoms with E-state index in [0.717, 1.165) is 36.6 Å². The van der Waals surface area contributed by atoms with Crippen LogP contribution in [0.15, 0.2) is 24.3 Å². The minimum Gasteiger partial charge on any atom is -0.496 e. The molecule has 2 amide bonds. The zero-order valence-electron chi connectivity index (χ0n) is 17.9. The number of benzene rings is 1. The highest BCUT2D eigenvalue weighted by Gasteiger charge is 2.37. The lowest BCUT2D eigenvalue weighted by Gasteiger charge is -2.30. The first-order valence-corrected chi connectivity index (χ1v) is 11.1. The molecule has 0 aromatic heterocycles. The van der Waals surface area contributed by atoms with E-state index in [0.29, 0.717) is 32.4 Å². The average Bonchev–Trinajstić information content (AvgIpc) is 3.51. The number of hydrogen-bond donors (Lipinski definition) is 3. The van der Waals surface area contributed by atoms with Crippen molar-refractivity contribution in [2.24, 2.45) is 5.92 Å². The molecular formula is C23H35N3O4. The number of nitrogens with one attached hydrogen (secondary N) is 2. The van der Waals surface area contributed by atoms with Gasteiger partial charge in [0.05, 0.1) is 13.7 Å². The van der Waals surface area contributed by atoms with Gasteiger partial charge in [0.2, 0.25) is 11.8 Å². The summed E-state index contributed by atoms with van der Waals surface area (Å²) in [6.07, 6.45) is 6.04. The number of methoxy groups -OCH3 is 1. The van der Waals surface area contributed by atoms with Crippen molar-refractivity contribution in [3.05, 3.63) is 29.8 Å². The molecule has 3 rings (SSSR count). The van der Waals surface area contributed by atoms with E-state index >= 15 is 0 Å². The number of likely N-dealkylation sites (tertiary alicyclic amines) is 1. The van der Waals surface area contributed by atoms with Crippen LogP contribution in [0.2, 0.25) is 0 Å². The van der Waals surface area contributed by atoms with Crippen molar-refractivity contribution in [2.45, 2.75) is 57.0 Å². The van der Waals surface area contributed by atoms with Gasteiger partial charge < -0.3 is 20.5 Å². The lowest BCUT2D eigenvalue weighted by atomic mass is 10.1. The number of aliphatic hydroxyl groups is 1. The first kappa shape index (κ1) is 22.6. The molecule has 1 aliphatic carbocycles. The van der Waals surface area contributed by atoms with Gasteiger partial charge in [-0.25, -0.2) is 0 Å². The van der Waals surface area contributed by atoms with Gasteiger partial charge >= 0.3 is 0 Å². The quantitative estimate of drug-likeness (QED) is 0.479. The van der Waals surface area contributed by atoms with Gasteiger partial charge in [0.1, 0.15) is 5.75 Å². The highest BCUT2D eigenvalue weighted by atomic mass is 16.5. The molecule has 166 valence electrons. The smallest absolute Gasteiger partial charge is 0.221 e. The average molecular weight is 418 g/mol. The number of hydrogen-bond acceptors (Lipinski definition) is 5. The molecule has 1 saturated carbocycles. The Balaban J connectivity index is 1.47. The van der Waals surface area contributed by atoms with Crippen LogP contribution in [0.1, 0.15) is 44.1 Å². The Morgan fingerprint density at radius 1 is 1.10 bits per heavy atom. The van der Waals surface area contributed by atoms with E-state index < -0.39 is 0 Å². The number of para-hydroxylation sites is 1. The highest BCUT2D eigenvalue weighted by Crippen LogP contribution is 2.35. The minimum absolute atomic E-state index is 0.00339. The molecule has 0 spiro atoms. The van der Waals surface area contributed by atoms with Crippen molar-refractivity contribution in [1.82, 2.24) is 15.5 Å². The highest BCUT2D eigenvalue weighted by molar-refractivity contribution is 5.77. The second-order valence-corrected chi connectivity index (χ2v) is 8.42. The summed E-state index contributed by atoms with van der Waals surface area (Å²) in [7, 11) is 1.65. The minimum atomic E-state index is -0.0360. The lowest BCUT2D eigenvalue weighted by molar-refractivity contribution is -0.123. The molecule has 2 fully saturated rings. The summed E-state index contributed by atoms with van der Waals surface area (Å²) >= 11 is 0. The largest absolute Gasteiger partial charge is 0.496 e. The Bertz CT molecular complexity index is 707. The number of ether oxygens (including phenoxy) is 1. The van der Waals surface area contributed by atoms with Crippen molar-refractivity contribution in [3.8, 4) is 5.75 Å². The summed E-state index contributed by atoms with van der Waals surface area (Å²) in [5.41, 5.74) is 1.04. The molecule has 2 atom stereocenters. The van der Waals surface area contributed by atoms with Gasteiger partial charge in [0.15, 0.2) is 0 Å². The molecule has 0 unspecified atom stereocenters. The van der Waals surface area contributed by atoms with Crippen molar-refractivity contribution < 1.29 is 19.4 Å². The van der Waals surface area contributed by atoms with Gasteiger partial charge in [-0.3, -0.25) is 14.5 Å². The Hall–Kier alpha value is -2.12. The number of aliphatic hydroxyl groups excluding tert-OH is 1. The fourth-order valence-corrected chi connectivity index (χ4v) is 4.31. The number of carbonyl (C=O) groups excluding carboxylic acids is 2. The molecule has 1 heterocycles. The van der Waals surface area contributed by atoms with Crippen LogP contribution in [0.25, 0.3) is 0 Å². The second-order valence-electron chi connectivity index (χ2n) is 8.42. The molecule has 1 aliphatic heterocycles. The van der Waals surface area contributed by atoms with Gasteiger partial charge in [-0.2, -0.15) is 0 Å². The van der Waals surface area contributed by atoms with Crippen LogP contribution in [0.4, 0.5) is 0 Å². The third-order valence-electron chi connectivity index (χ3n) is 6.14. The molecular weight excluding hydrogens is 382 g/mol. The normalized spacial score (nSPS) is 21.4. The SMILES string of the molecule is COc1ccccc1CCC(=O)NC[C@@H]1CC[C@H](CC(=O)NCCO)N1CC1CC1. The number of aryl methyl sites for hydroxylation is 1. The van der Waals surface area contributed by atoms with Gasteiger partial charge in [0, 0.05) is 44.6 Å². The van der Waals surface area contributed by atoms with Gasteiger partial charge in [-0.1, -0.05) is 18.2 Å². The predicted molar refractivity (Wildman–Crippen MR) is 115 cm³/mol. The third kappa shape index (κ3) is 6.71. The predicted octanol–water partition coefficient (Wildman–Crippen LogP) is 1.49. The second kappa shape index (κ2) is 11.3. The van der Waals surface area contributed by atoms with Crippen LogP contribution in [0, 0.1) is 5.92 Å².